The summed E-state index contributed by atoms with van der Waals surface area (Å²) >= 11 is 0. The van der Waals surface area contributed by atoms with Crippen LogP contribution in [0.4, 0.5) is 0 Å². The van der Waals surface area contributed by atoms with Crippen LogP contribution in [0.25, 0.3) is 0 Å². The minimum atomic E-state index is -0.661. The number of carboxylic acids is 2. The number of hydrogen-bond donors (Lipinski definition) is 4. The minimum absolute atomic E-state index is 0.0880. The van der Waals surface area contributed by atoms with E-state index in [0.29, 0.717) is 12.8 Å². The molecule has 198 valence electrons. The van der Waals surface area contributed by atoms with Crippen LogP contribution in [0, 0.1) is 0 Å². The number of aliphatic carboxylic acids is 2. The van der Waals surface area contributed by atoms with Gasteiger partial charge in [-0.25, -0.2) is 0 Å². The van der Waals surface area contributed by atoms with Gasteiger partial charge in [-0.15, -0.1) is 0 Å². The summed E-state index contributed by atoms with van der Waals surface area (Å²) in [5.41, 5.74) is 0. The van der Waals surface area contributed by atoms with Crippen molar-refractivity contribution in [3.63, 3.8) is 0 Å². The summed E-state index contributed by atoms with van der Waals surface area (Å²) in [5, 5.41) is 34.1. The van der Waals surface area contributed by atoms with E-state index in [2.05, 4.69) is 13.8 Å². The van der Waals surface area contributed by atoms with E-state index in [0.717, 1.165) is 25.7 Å². The van der Waals surface area contributed by atoms with Gasteiger partial charge < -0.3 is 20.4 Å². The molecule has 0 atom stereocenters. The van der Waals surface area contributed by atoms with Gasteiger partial charge in [0.05, 0.1) is 0 Å². The first-order valence-corrected chi connectivity index (χ1v) is 13.2. The number of carbonyl (C=O) groups is 2. The van der Waals surface area contributed by atoms with Crippen LogP contribution in [0.1, 0.15) is 129 Å². The van der Waals surface area contributed by atoms with Crippen molar-refractivity contribution < 1.29 is 30.0 Å². The van der Waals surface area contributed by atoms with Crippen LogP contribution in [0.3, 0.4) is 0 Å². The first kappa shape index (κ1) is 33.9. The number of rotatable bonds is 18. The SMILES string of the molecule is CCCCCCCCCCC(=O)O.CCCCCCCCCCC(=O)O.Oc1cccc(O)c1. The number of hydrogen-bond acceptors (Lipinski definition) is 4. The van der Waals surface area contributed by atoms with E-state index in [9.17, 15) is 9.59 Å². The standard InChI is InChI=1S/2C11H22O2.C6H6O2/c2*1-2-3-4-5-6-7-8-9-10-11(12)13;7-5-2-1-3-6(8)4-5/h2*2-10H2,1H3,(H,12,13);1-4,7-8H. The van der Waals surface area contributed by atoms with Crippen molar-refractivity contribution in [1.29, 1.82) is 0 Å². The maximum absolute atomic E-state index is 10.2. The topological polar surface area (TPSA) is 115 Å². The molecule has 0 bridgehead atoms. The molecule has 0 aliphatic rings. The highest BCUT2D eigenvalue weighted by Gasteiger charge is 1.97. The Labute approximate surface area is 207 Å². The molecule has 34 heavy (non-hydrogen) atoms. The second-order valence-corrected chi connectivity index (χ2v) is 8.76. The summed E-state index contributed by atoms with van der Waals surface area (Å²) in [6.45, 7) is 4.43. The van der Waals surface area contributed by atoms with Gasteiger partial charge in [-0.1, -0.05) is 110 Å². The zero-order valence-corrected chi connectivity index (χ0v) is 21.6. The largest absolute Gasteiger partial charge is 0.508 e. The highest BCUT2D eigenvalue weighted by molar-refractivity contribution is 5.66. The molecular formula is C28H50O6. The Morgan fingerprint density at radius 3 is 1.09 bits per heavy atom. The van der Waals surface area contributed by atoms with E-state index in [4.69, 9.17) is 20.4 Å². The molecule has 6 heteroatoms. The number of unbranched alkanes of at least 4 members (excludes halogenated alkanes) is 14. The normalized spacial score (nSPS) is 9.94. The first-order chi connectivity index (χ1) is 16.3. The van der Waals surface area contributed by atoms with E-state index >= 15 is 0 Å². The summed E-state index contributed by atoms with van der Waals surface area (Å²) in [6, 6.07) is 5.85. The average Bonchev–Trinajstić information content (AvgIpc) is 2.78. The second-order valence-electron chi connectivity index (χ2n) is 8.76. The number of carboxylic acid groups (broad SMARTS) is 2. The molecule has 1 aromatic rings. The van der Waals surface area contributed by atoms with Crippen LogP contribution in [0.15, 0.2) is 24.3 Å². The van der Waals surface area contributed by atoms with E-state index < -0.39 is 11.9 Å². The number of phenols is 2. The smallest absolute Gasteiger partial charge is 0.303 e. The molecule has 0 radical (unpaired) electrons. The van der Waals surface area contributed by atoms with Gasteiger partial charge in [0.15, 0.2) is 0 Å². The highest BCUT2D eigenvalue weighted by atomic mass is 16.4. The summed E-state index contributed by atoms with van der Waals surface area (Å²) in [4.78, 5) is 20.3. The van der Waals surface area contributed by atoms with Gasteiger partial charge in [0.25, 0.3) is 0 Å². The Morgan fingerprint density at radius 2 is 0.853 bits per heavy atom. The molecule has 1 aromatic carbocycles. The van der Waals surface area contributed by atoms with E-state index in [1.54, 1.807) is 6.07 Å². The molecule has 0 saturated heterocycles. The van der Waals surface area contributed by atoms with Crippen molar-refractivity contribution in [3.05, 3.63) is 24.3 Å². The van der Waals surface area contributed by atoms with Gasteiger partial charge >= 0.3 is 11.9 Å². The van der Waals surface area contributed by atoms with Gasteiger partial charge in [0.1, 0.15) is 11.5 Å². The maximum Gasteiger partial charge on any atom is 0.303 e. The molecule has 0 heterocycles. The Kier molecular flexibility index (Phi) is 27.0. The fourth-order valence-corrected chi connectivity index (χ4v) is 3.31. The van der Waals surface area contributed by atoms with Crippen molar-refractivity contribution in [2.24, 2.45) is 0 Å². The third-order valence-corrected chi connectivity index (χ3v) is 5.32. The summed E-state index contributed by atoms with van der Waals surface area (Å²) < 4.78 is 0. The third-order valence-electron chi connectivity index (χ3n) is 5.32. The zero-order valence-electron chi connectivity index (χ0n) is 21.6. The predicted octanol–water partition coefficient (Wildman–Crippen LogP) is 8.30. The monoisotopic (exact) mass is 482 g/mol. The van der Waals surface area contributed by atoms with Gasteiger partial charge in [0.2, 0.25) is 0 Å². The van der Waals surface area contributed by atoms with Crippen molar-refractivity contribution >= 4 is 11.9 Å². The number of aromatic hydroxyl groups is 2. The molecule has 1 rings (SSSR count). The molecule has 0 aliphatic carbocycles. The van der Waals surface area contributed by atoms with Gasteiger partial charge in [-0.2, -0.15) is 0 Å². The fourth-order valence-electron chi connectivity index (χ4n) is 3.31. The van der Waals surface area contributed by atoms with Crippen molar-refractivity contribution in [2.45, 2.75) is 129 Å². The maximum atomic E-state index is 10.2. The molecule has 0 aromatic heterocycles. The van der Waals surface area contributed by atoms with Crippen molar-refractivity contribution in [3.8, 4) is 11.5 Å². The van der Waals surface area contributed by atoms with Crippen LogP contribution in [-0.2, 0) is 9.59 Å². The van der Waals surface area contributed by atoms with E-state index in [1.165, 1.54) is 95.2 Å². The van der Waals surface area contributed by atoms with E-state index in [1.807, 2.05) is 0 Å². The Hall–Kier alpha value is -2.24. The third kappa shape index (κ3) is 31.9. The predicted molar refractivity (Wildman–Crippen MR) is 139 cm³/mol. The number of benzene rings is 1. The zero-order chi connectivity index (χ0) is 25.9. The lowest BCUT2D eigenvalue weighted by Crippen LogP contribution is -1.93. The van der Waals surface area contributed by atoms with Crippen molar-refractivity contribution in [2.75, 3.05) is 0 Å². The lowest BCUT2D eigenvalue weighted by atomic mass is 10.1. The second kappa shape index (κ2) is 27.0. The van der Waals surface area contributed by atoms with E-state index in [-0.39, 0.29) is 11.5 Å². The molecule has 0 amide bonds. The van der Waals surface area contributed by atoms with Crippen LogP contribution >= 0.6 is 0 Å². The Balaban J connectivity index is 0. The lowest BCUT2D eigenvalue weighted by molar-refractivity contribution is -0.138. The molecule has 0 fully saturated rings. The summed E-state index contributed by atoms with van der Waals surface area (Å²) in [7, 11) is 0. The molecule has 0 aliphatic heterocycles. The van der Waals surface area contributed by atoms with Crippen LogP contribution in [-0.4, -0.2) is 32.4 Å². The molecule has 4 N–H and O–H groups in total. The minimum Gasteiger partial charge on any atom is -0.508 e. The van der Waals surface area contributed by atoms with Crippen LogP contribution < -0.4 is 0 Å². The highest BCUT2D eigenvalue weighted by Crippen LogP contribution is 2.15. The van der Waals surface area contributed by atoms with Gasteiger partial charge in [-0.3, -0.25) is 9.59 Å². The van der Waals surface area contributed by atoms with Crippen LogP contribution in [0.2, 0.25) is 0 Å². The molecule has 6 nitrogen and oxygen atoms in total. The summed E-state index contributed by atoms with van der Waals surface area (Å²) in [5.74, 6) is -1.15. The van der Waals surface area contributed by atoms with Crippen LogP contribution in [0.5, 0.6) is 11.5 Å². The van der Waals surface area contributed by atoms with Gasteiger partial charge in [0, 0.05) is 18.9 Å². The number of phenolic OH excluding ortho intramolecular Hbond substituents is 2. The molecular weight excluding hydrogens is 432 g/mol. The van der Waals surface area contributed by atoms with Gasteiger partial charge in [-0.05, 0) is 25.0 Å². The molecule has 0 saturated carbocycles. The van der Waals surface area contributed by atoms with Crippen molar-refractivity contribution in [1.82, 2.24) is 0 Å². The summed E-state index contributed by atoms with van der Waals surface area (Å²) in [6.07, 6.45) is 20.1. The molecule has 0 unspecified atom stereocenters. The lowest BCUT2D eigenvalue weighted by Gasteiger charge is -1.99. The Morgan fingerprint density at radius 1 is 0.559 bits per heavy atom. The fraction of sp³-hybridized carbons (Fsp3) is 0.714. The first-order valence-electron chi connectivity index (χ1n) is 13.2. The Bertz CT molecular complexity index is 541. The average molecular weight is 483 g/mol. The quantitative estimate of drug-likeness (QED) is 0.156. The molecule has 0 spiro atoms.